The van der Waals surface area contributed by atoms with Crippen LogP contribution in [-0.2, 0) is 4.74 Å². The summed E-state index contributed by atoms with van der Waals surface area (Å²) in [6, 6.07) is 0.377. The maximum Gasteiger partial charge on any atom is 0.0623 e. The Morgan fingerprint density at radius 1 is 1.20 bits per heavy atom. The van der Waals surface area contributed by atoms with E-state index in [0.29, 0.717) is 16.9 Å². The fraction of sp³-hybridized carbons (Fsp3) is 1.00. The molecule has 2 nitrogen and oxygen atoms in total. The van der Waals surface area contributed by atoms with Crippen LogP contribution in [0, 0.1) is 22.7 Å². The van der Waals surface area contributed by atoms with Crippen LogP contribution < -0.4 is 5.73 Å². The lowest BCUT2D eigenvalue weighted by Crippen LogP contribution is -2.57. The number of hydrogen-bond donors (Lipinski definition) is 1. The molecule has 20 heavy (non-hydrogen) atoms. The topological polar surface area (TPSA) is 35.2 Å². The van der Waals surface area contributed by atoms with Crippen LogP contribution >= 0.6 is 0 Å². The molecule has 2 N–H and O–H groups in total. The van der Waals surface area contributed by atoms with Gasteiger partial charge in [-0.1, -0.05) is 6.92 Å². The molecule has 0 aromatic heterocycles. The monoisotopic (exact) mass is 279 g/mol. The van der Waals surface area contributed by atoms with Crippen molar-refractivity contribution in [3.05, 3.63) is 0 Å². The third-order valence-corrected chi connectivity index (χ3v) is 6.80. The van der Waals surface area contributed by atoms with Gasteiger partial charge in [-0.2, -0.15) is 0 Å². The predicted molar refractivity (Wildman–Crippen MR) is 83.5 cm³/mol. The Labute approximate surface area is 124 Å². The zero-order valence-electron chi connectivity index (χ0n) is 13.9. The Morgan fingerprint density at radius 2 is 1.80 bits per heavy atom. The van der Waals surface area contributed by atoms with Crippen LogP contribution in [0.5, 0.6) is 0 Å². The SMILES string of the molecule is COC(C)(C)CCC(N)C12CC3CC(CC(C)(C3)C1)C2. The van der Waals surface area contributed by atoms with E-state index in [4.69, 9.17) is 10.5 Å². The Hall–Kier alpha value is -0.0800. The average molecular weight is 279 g/mol. The molecule has 2 heteroatoms. The van der Waals surface area contributed by atoms with Gasteiger partial charge in [0.1, 0.15) is 0 Å². The lowest BCUT2D eigenvalue weighted by Gasteiger charge is -2.63. The van der Waals surface area contributed by atoms with Gasteiger partial charge in [-0.05, 0) is 87.9 Å². The lowest BCUT2D eigenvalue weighted by molar-refractivity contribution is -0.116. The Bertz CT molecular complexity index is 362. The van der Waals surface area contributed by atoms with Gasteiger partial charge in [0.25, 0.3) is 0 Å². The van der Waals surface area contributed by atoms with E-state index in [2.05, 4.69) is 20.8 Å². The fourth-order valence-electron chi connectivity index (χ4n) is 6.14. The van der Waals surface area contributed by atoms with Crippen LogP contribution in [0.2, 0.25) is 0 Å². The lowest BCUT2D eigenvalue weighted by atomic mass is 9.43. The van der Waals surface area contributed by atoms with Gasteiger partial charge in [-0.15, -0.1) is 0 Å². The normalized spacial score (nSPS) is 44.9. The molecule has 0 spiro atoms. The van der Waals surface area contributed by atoms with Crippen LogP contribution in [0.4, 0.5) is 0 Å². The van der Waals surface area contributed by atoms with Gasteiger partial charge >= 0.3 is 0 Å². The van der Waals surface area contributed by atoms with Gasteiger partial charge in [-0.25, -0.2) is 0 Å². The number of rotatable bonds is 5. The summed E-state index contributed by atoms with van der Waals surface area (Å²) >= 11 is 0. The molecule has 3 unspecified atom stereocenters. The van der Waals surface area contributed by atoms with Gasteiger partial charge in [0.15, 0.2) is 0 Å². The van der Waals surface area contributed by atoms with E-state index in [1.165, 1.54) is 38.5 Å². The highest BCUT2D eigenvalue weighted by atomic mass is 16.5. The molecule has 4 saturated carbocycles. The third kappa shape index (κ3) is 2.54. The summed E-state index contributed by atoms with van der Waals surface area (Å²) in [5, 5.41) is 0. The second kappa shape index (κ2) is 4.71. The van der Waals surface area contributed by atoms with Crippen molar-refractivity contribution < 1.29 is 4.74 Å². The summed E-state index contributed by atoms with van der Waals surface area (Å²) in [5.74, 6) is 1.95. The van der Waals surface area contributed by atoms with Crippen molar-refractivity contribution in [2.24, 2.45) is 28.4 Å². The van der Waals surface area contributed by atoms with Crippen LogP contribution in [0.1, 0.15) is 72.1 Å². The van der Waals surface area contributed by atoms with Crippen LogP contribution in [0.3, 0.4) is 0 Å². The second-order valence-corrected chi connectivity index (χ2v) is 9.24. The number of methoxy groups -OCH3 is 1. The zero-order chi connectivity index (χ0) is 14.6. The summed E-state index contributed by atoms with van der Waals surface area (Å²) in [7, 11) is 1.82. The first-order valence-electron chi connectivity index (χ1n) is 8.57. The van der Waals surface area contributed by atoms with E-state index in [-0.39, 0.29) is 5.60 Å². The van der Waals surface area contributed by atoms with E-state index in [0.717, 1.165) is 24.7 Å². The summed E-state index contributed by atoms with van der Waals surface area (Å²) in [6.45, 7) is 6.90. The zero-order valence-corrected chi connectivity index (χ0v) is 13.9. The Kier molecular flexibility index (Phi) is 3.49. The van der Waals surface area contributed by atoms with Crippen molar-refractivity contribution in [1.29, 1.82) is 0 Å². The highest BCUT2D eigenvalue weighted by Gasteiger charge is 2.57. The molecule has 4 fully saturated rings. The quantitative estimate of drug-likeness (QED) is 0.821. The molecule has 0 radical (unpaired) electrons. The average Bonchev–Trinajstić information content (AvgIpc) is 2.33. The van der Waals surface area contributed by atoms with Gasteiger partial charge in [0.2, 0.25) is 0 Å². The first-order chi connectivity index (χ1) is 9.26. The minimum Gasteiger partial charge on any atom is -0.379 e. The van der Waals surface area contributed by atoms with Gasteiger partial charge in [-0.3, -0.25) is 0 Å². The molecule has 4 aliphatic rings. The second-order valence-electron chi connectivity index (χ2n) is 9.24. The maximum absolute atomic E-state index is 6.74. The van der Waals surface area contributed by atoms with E-state index >= 15 is 0 Å². The molecule has 3 atom stereocenters. The molecular formula is C18H33NO. The molecule has 0 aliphatic heterocycles. The van der Waals surface area contributed by atoms with Crippen molar-refractivity contribution in [2.45, 2.75) is 83.8 Å². The molecule has 0 heterocycles. The standard InChI is InChI=1S/C18H33NO/c1-16(2,20-4)6-5-15(19)18-10-13-7-14(11-18)9-17(3,8-13)12-18/h13-15H,5-12,19H2,1-4H3. The first kappa shape index (κ1) is 14.8. The van der Waals surface area contributed by atoms with Crippen molar-refractivity contribution >= 4 is 0 Å². The molecule has 4 rings (SSSR count). The maximum atomic E-state index is 6.74. The summed E-state index contributed by atoms with van der Waals surface area (Å²) in [6.07, 6.45) is 10.9. The van der Waals surface area contributed by atoms with Crippen molar-refractivity contribution in [3.8, 4) is 0 Å². The third-order valence-electron chi connectivity index (χ3n) is 6.80. The van der Waals surface area contributed by atoms with E-state index in [9.17, 15) is 0 Å². The first-order valence-corrected chi connectivity index (χ1v) is 8.57. The summed E-state index contributed by atoms with van der Waals surface area (Å²) in [5.41, 5.74) is 7.78. The minimum atomic E-state index is -0.0240. The van der Waals surface area contributed by atoms with Crippen molar-refractivity contribution in [1.82, 2.24) is 0 Å². The smallest absolute Gasteiger partial charge is 0.0623 e. The van der Waals surface area contributed by atoms with E-state index < -0.39 is 0 Å². The summed E-state index contributed by atoms with van der Waals surface area (Å²) in [4.78, 5) is 0. The van der Waals surface area contributed by atoms with Crippen LogP contribution in [0.15, 0.2) is 0 Å². The van der Waals surface area contributed by atoms with Crippen LogP contribution in [-0.4, -0.2) is 18.8 Å². The largest absolute Gasteiger partial charge is 0.379 e. The van der Waals surface area contributed by atoms with E-state index in [1.807, 2.05) is 7.11 Å². The molecule has 0 aromatic rings. The summed E-state index contributed by atoms with van der Waals surface area (Å²) < 4.78 is 5.57. The molecule has 116 valence electrons. The minimum absolute atomic E-state index is 0.0240. The number of ether oxygens (including phenoxy) is 1. The molecule has 0 aromatic carbocycles. The Morgan fingerprint density at radius 3 is 2.30 bits per heavy atom. The van der Waals surface area contributed by atoms with Gasteiger partial charge in [0, 0.05) is 13.2 Å². The molecule has 0 saturated heterocycles. The molecule has 4 aliphatic carbocycles. The van der Waals surface area contributed by atoms with Crippen molar-refractivity contribution in [3.63, 3.8) is 0 Å². The predicted octanol–water partition coefficient (Wildman–Crippen LogP) is 4.13. The number of nitrogens with two attached hydrogens (primary N) is 1. The number of hydrogen-bond acceptors (Lipinski definition) is 2. The van der Waals surface area contributed by atoms with Crippen molar-refractivity contribution in [2.75, 3.05) is 7.11 Å². The van der Waals surface area contributed by atoms with Gasteiger partial charge < -0.3 is 10.5 Å². The van der Waals surface area contributed by atoms with Gasteiger partial charge in [0.05, 0.1) is 5.60 Å². The molecule has 4 bridgehead atoms. The Balaban J connectivity index is 1.69. The van der Waals surface area contributed by atoms with E-state index in [1.54, 1.807) is 0 Å². The fourth-order valence-corrected chi connectivity index (χ4v) is 6.14. The molecular weight excluding hydrogens is 246 g/mol. The molecule has 0 amide bonds. The van der Waals surface area contributed by atoms with Crippen LogP contribution in [0.25, 0.3) is 0 Å². The highest BCUT2D eigenvalue weighted by molar-refractivity contribution is 5.09. The highest BCUT2D eigenvalue weighted by Crippen LogP contribution is 2.66.